The lowest BCUT2D eigenvalue weighted by molar-refractivity contribution is 0.0118. The van der Waals surface area contributed by atoms with Crippen LogP contribution in [0.25, 0.3) is 0 Å². The van der Waals surface area contributed by atoms with Gasteiger partial charge in [0.05, 0.1) is 26.4 Å². The normalized spacial score (nSPS) is 14.5. The van der Waals surface area contributed by atoms with E-state index < -0.39 is 0 Å². The first-order valence-corrected chi connectivity index (χ1v) is 8.51. The molecule has 0 aromatic carbocycles. The molecule has 0 rings (SSSR count). The topological polar surface area (TPSA) is 27.7 Å². The lowest BCUT2D eigenvalue weighted by atomic mass is 10.0. The lowest BCUT2D eigenvalue weighted by Crippen LogP contribution is -2.15. The molecule has 19 heavy (non-hydrogen) atoms. The maximum absolute atomic E-state index is 5.57. The molecule has 4 heteroatoms. The molecule has 0 saturated heterocycles. The van der Waals surface area contributed by atoms with Gasteiger partial charge in [-0.05, 0) is 18.8 Å². The van der Waals surface area contributed by atoms with Crippen molar-refractivity contribution in [3.05, 3.63) is 0 Å². The Morgan fingerprint density at radius 1 is 0.842 bits per heavy atom. The van der Waals surface area contributed by atoms with Crippen molar-refractivity contribution < 1.29 is 14.2 Å². The minimum Gasteiger partial charge on any atom is -0.379 e. The minimum absolute atomic E-state index is 0.567. The average molecular weight is 339 g/mol. The molecule has 0 amide bonds. The Labute approximate surface area is 127 Å². The predicted molar refractivity (Wildman–Crippen MR) is 84.2 cm³/mol. The third-order valence-corrected chi connectivity index (χ3v) is 3.94. The van der Waals surface area contributed by atoms with E-state index in [0.717, 1.165) is 26.1 Å². The van der Waals surface area contributed by atoms with Crippen LogP contribution in [0.3, 0.4) is 0 Å². The van der Waals surface area contributed by atoms with E-state index in [-0.39, 0.29) is 0 Å². The van der Waals surface area contributed by atoms with Gasteiger partial charge in [-0.1, -0.05) is 49.5 Å². The molecule has 0 N–H and O–H groups in total. The fourth-order valence-electron chi connectivity index (χ4n) is 1.78. The molecule has 2 unspecified atom stereocenters. The van der Waals surface area contributed by atoms with Gasteiger partial charge in [-0.15, -0.1) is 0 Å². The summed E-state index contributed by atoms with van der Waals surface area (Å²) < 4.78 is 16.4. The Bertz CT molecular complexity index is 177. The van der Waals surface area contributed by atoms with Crippen LogP contribution in [0.15, 0.2) is 0 Å². The quantitative estimate of drug-likeness (QED) is 0.353. The summed E-state index contributed by atoms with van der Waals surface area (Å²) in [5, 5.41) is 0. The van der Waals surface area contributed by atoms with Crippen LogP contribution in [0, 0.1) is 5.92 Å². The molecule has 0 heterocycles. The van der Waals surface area contributed by atoms with E-state index in [4.69, 9.17) is 14.2 Å². The van der Waals surface area contributed by atoms with Gasteiger partial charge in [-0.25, -0.2) is 0 Å². The van der Waals surface area contributed by atoms with E-state index in [1.165, 1.54) is 12.8 Å². The van der Waals surface area contributed by atoms with Crippen molar-refractivity contribution in [3.63, 3.8) is 0 Å². The van der Waals surface area contributed by atoms with Gasteiger partial charge < -0.3 is 14.2 Å². The fraction of sp³-hybridized carbons (Fsp3) is 1.00. The second kappa shape index (κ2) is 14.8. The molecule has 0 radical (unpaired) electrons. The van der Waals surface area contributed by atoms with Gasteiger partial charge in [-0.3, -0.25) is 0 Å². The maximum atomic E-state index is 5.57. The van der Waals surface area contributed by atoms with E-state index in [1.807, 2.05) is 0 Å². The average Bonchev–Trinajstić information content (AvgIpc) is 2.40. The lowest BCUT2D eigenvalue weighted by Gasteiger charge is -2.17. The number of alkyl halides is 1. The Kier molecular flexibility index (Phi) is 15.0. The van der Waals surface area contributed by atoms with Crippen molar-refractivity contribution >= 4 is 15.9 Å². The first kappa shape index (κ1) is 19.4. The van der Waals surface area contributed by atoms with Gasteiger partial charge >= 0.3 is 0 Å². The highest BCUT2D eigenvalue weighted by Crippen LogP contribution is 2.19. The van der Waals surface area contributed by atoms with Crippen molar-refractivity contribution in [2.24, 2.45) is 5.92 Å². The van der Waals surface area contributed by atoms with Crippen LogP contribution < -0.4 is 0 Å². The molecule has 0 bridgehead atoms. The zero-order valence-electron chi connectivity index (χ0n) is 12.8. The summed E-state index contributed by atoms with van der Waals surface area (Å²) in [6.45, 7) is 11.0. The van der Waals surface area contributed by atoms with Crippen molar-refractivity contribution in [2.75, 3.05) is 39.6 Å². The first-order chi connectivity index (χ1) is 9.22. The molecular formula is C15H31BrO3. The highest BCUT2D eigenvalue weighted by molar-refractivity contribution is 9.09. The molecule has 3 nitrogen and oxygen atoms in total. The smallest absolute Gasteiger partial charge is 0.0701 e. The van der Waals surface area contributed by atoms with Crippen LogP contribution in [-0.4, -0.2) is 44.5 Å². The van der Waals surface area contributed by atoms with Gasteiger partial charge in [0.2, 0.25) is 0 Å². The zero-order chi connectivity index (χ0) is 14.3. The van der Waals surface area contributed by atoms with Crippen molar-refractivity contribution in [3.8, 4) is 0 Å². The summed E-state index contributed by atoms with van der Waals surface area (Å²) in [6.07, 6.45) is 4.62. The highest BCUT2D eigenvalue weighted by Gasteiger charge is 2.11. The molecule has 0 aliphatic rings. The number of halogens is 1. The van der Waals surface area contributed by atoms with Crippen LogP contribution in [0.4, 0.5) is 0 Å². The summed E-state index contributed by atoms with van der Waals surface area (Å²) >= 11 is 3.64. The third-order valence-electron chi connectivity index (χ3n) is 3.19. The zero-order valence-corrected chi connectivity index (χ0v) is 14.4. The molecule has 2 atom stereocenters. The van der Waals surface area contributed by atoms with Gasteiger partial charge in [0, 0.05) is 18.0 Å². The largest absolute Gasteiger partial charge is 0.379 e. The van der Waals surface area contributed by atoms with E-state index >= 15 is 0 Å². The summed E-state index contributed by atoms with van der Waals surface area (Å²) in [4.78, 5) is 0.567. The van der Waals surface area contributed by atoms with Crippen LogP contribution in [-0.2, 0) is 14.2 Å². The molecule has 0 fully saturated rings. The summed E-state index contributed by atoms with van der Waals surface area (Å²) in [5.74, 6) is 0.702. The first-order valence-electron chi connectivity index (χ1n) is 7.59. The summed E-state index contributed by atoms with van der Waals surface area (Å²) in [7, 11) is 0. The van der Waals surface area contributed by atoms with Gasteiger partial charge in [0.25, 0.3) is 0 Å². The van der Waals surface area contributed by atoms with E-state index in [2.05, 4.69) is 36.7 Å². The molecule has 0 aromatic heterocycles. The number of unbranched alkanes of at least 4 members (excludes halogenated alkanes) is 1. The maximum Gasteiger partial charge on any atom is 0.0701 e. The number of hydrogen-bond donors (Lipinski definition) is 0. The van der Waals surface area contributed by atoms with Gasteiger partial charge in [0.1, 0.15) is 0 Å². The Balaban J connectivity index is 3.14. The monoisotopic (exact) mass is 338 g/mol. The Morgan fingerprint density at radius 2 is 1.37 bits per heavy atom. The minimum atomic E-state index is 0.567. The molecule has 0 aromatic rings. The second-order valence-electron chi connectivity index (χ2n) is 4.83. The summed E-state index contributed by atoms with van der Waals surface area (Å²) in [5.41, 5.74) is 0. The van der Waals surface area contributed by atoms with Crippen LogP contribution in [0.2, 0.25) is 0 Å². The molecule has 0 spiro atoms. The third kappa shape index (κ3) is 13.1. The molecule has 0 saturated carbocycles. The van der Waals surface area contributed by atoms with Crippen LogP contribution >= 0.6 is 15.9 Å². The molecular weight excluding hydrogens is 308 g/mol. The Morgan fingerprint density at radius 3 is 1.84 bits per heavy atom. The van der Waals surface area contributed by atoms with Crippen LogP contribution in [0.1, 0.15) is 46.5 Å². The van der Waals surface area contributed by atoms with Gasteiger partial charge in [0.15, 0.2) is 0 Å². The second-order valence-corrected chi connectivity index (χ2v) is 6.27. The number of ether oxygens (including phenoxy) is 3. The van der Waals surface area contributed by atoms with Gasteiger partial charge in [-0.2, -0.15) is 0 Å². The Hall–Kier alpha value is 0.360. The molecule has 116 valence electrons. The predicted octanol–water partition coefficient (Wildman–Crippen LogP) is 4.04. The van der Waals surface area contributed by atoms with Crippen molar-refractivity contribution in [1.82, 2.24) is 0 Å². The molecule has 0 aliphatic heterocycles. The van der Waals surface area contributed by atoms with Crippen LogP contribution in [0.5, 0.6) is 0 Å². The van der Waals surface area contributed by atoms with E-state index in [1.54, 1.807) is 0 Å². The summed E-state index contributed by atoms with van der Waals surface area (Å²) in [6, 6.07) is 0. The standard InChI is InChI=1S/C15H31BrO3/c1-4-6-8-17-10-12-19-13-11-18-9-7-15(5-2)14(3)16/h14-15H,4-13H2,1-3H3. The number of rotatable bonds is 14. The highest BCUT2D eigenvalue weighted by atomic mass is 79.9. The fourth-order valence-corrected chi connectivity index (χ4v) is 2.42. The molecule has 0 aliphatic carbocycles. The SMILES string of the molecule is CCCCOCCOCCOCCC(CC)C(C)Br. The van der Waals surface area contributed by atoms with E-state index in [0.29, 0.717) is 37.2 Å². The van der Waals surface area contributed by atoms with Crippen molar-refractivity contribution in [2.45, 2.75) is 51.3 Å². The van der Waals surface area contributed by atoms with Crippen molar-refractivity contribution in [1.29, 1.82) is 0 Å². The van der Waals surface area contributed by atoms with E-state index in [9.17, 15) is 0 Å². The number of hydrogen-bond acceptors (Lipinski definition) is 3.